The van der Waals surface area contributed by atoms with Gasteiger partial charge in [0, 0.05) is 20.2 Å². The SMILES string of the molecule is CCCCCCCCC(CCCCCCCC)CCCCCCCN(CCCCCCO)CCCNc1c(NC)c(=O)c1=O. The third-order valence-electron chi connectivity index (χ3n) is 9.51. The highest BCUT2D eigenvalue weighted by atomic mass is 16.3. The van der Waals surface area contributed by atoms with Gasteiger partial charge in [-0.3, -0.25) is 9.59 Å². The number of hydrogen-bond donors (Lipinski definition) is 3. The summed E-state index contributed by atoms with van der Waals surface area (Å²) >= 11 is 0. The van der Waals surface area contributed by atoms with Crippen molar-refractivity contribution in [2.24, 2.45) is 5.92 Å². The minimum absolute atomic E-state index is 0.292. The number of anilines is 2. The Morgan fingerprint density at radius 3 is 1.43 bits per heavy atom. The average Bonchev–Trinajstić information content (AvgIpc) is 3.03. The molecule has 0 fully saturated rings. The van der Waals surface area contributed by atoms with Crippen molar-refractivity contribution < 1.29 is 5.11 Å². The summed E-state index contributed by atoms with van der Waals surface area (Å²) in [5.41, 5.74) is 0.0676. The molecule has 3 N–H and O–H groups in total. The van der Waals surface area contributed by atoms with Gasteiger partial charge in [-0.15, -0.1) is 0 Å². The summed E-state index contributed by atoms with van der Waals surface area (Å²) in [6.07, 6.45) is 33.3. The van der Waals surface area contributed by atoms with Gasteiger partial charge in [-0.25, -0.2) is 0 Å². The van der Waals surface area contributed by atoms with Gasteiger partial charge in [0.15, 0.2) is 0 Å². The van der Waals surface area contributed by atoms with Crippen molar-refractivity contribution >= 4 is 11.4 Å². The Morgan fingerprint density at radius 1 is 0.545 bits per heavy atom. The van der Waals surface area contributed by atoms with Crippen molar-refractivity contribution in [2.45, 2.75) is 174 Å². The van der Waals surface area contributed by atoms with Crippen LogP contribution in [-0.4, -0.2) is 49.8 Å². The fraction of sp³-hybridized carbons (Fsp3) is 0.895. The number of unbranched alkanes of at least 4 members (excludes halogenated alkanes) is 17. The van der Waals surface area contributed by atoms with E-state index in [1.165, 1.54) is 141 Å². The summed E-state index contributed by atoms with van der Waals surface area (Å²) in [5.74, 6) is 0.954. The number of nitrogens with one attached hydrogen (secondary N) is 2. The van der Waals surface area contributed by atoms with Gasteiger partial charge in [0.25, 0.3) is 10.9 Å². The Kier molecular flexibility index (Phi) is 26.8. The topological polar surface area (TPSA) is 81.7 Å². The summed E-state index contributed by atoms with van der Waals surface area (Å²) in [7, 11) is 1.69. The molecule has 1 rings (SSSR count). The minimum Gasteiger partial charge on any atom is -0.396 e. The van der Waals surface area contributed by atoms with Crippen LogP contribution in [0.1, 0.15) is 174 Å². The summed E-state index contributed by atoms with van der Waals surface area (Å²) in [6, 6.07) is 0. The molecule has 0 atom stereocenters. The summed E-state index contributed by atoms with van der Waals surface area (Å²) in [4.78, 5) is 26.0. The van der Waals surface area contributed by atoms with Crippen LogP contribution in [0.15, 0.2) is 9.59 Å². The Labute approximate surface area is 272 Å². The van der Waals surface area contributed by atoms with Gasteiger partial charge in [-0.2, -0.15) is 0 Å². The maximum atomic E-state index is 11.8. The van der Waals surface area contributed by atoms with Crippen molar-refractivity contribution in [2.75, 3.05) is 50.5 Å². The Hall–Kier alpha value is -1.40. The van der Waals surface area contributed by atoms with Crippen LogP contribution in [0, 0.1) is 5.92 Å². The van der Waals surface area contributed by atoms with E-state index in [2.05, 4.69) is 29.4 Å². The van der Waals surface area contributed by atoms with E-state index in [1.807, 2.05) is 0 Å². The molecule has 6 heteroatoms. The molecule has 44 heavy (non-hydrogen) atoms. The molecule has 0 aliphatic rings. The van der Waals surface area contributed by atoms with Gasteiger partial charge in [0.2, 0.25) is 0 Å². The van der Waals surface area contributed by atoms with Gasteiger partial charge >= 0.3 is 0 Å². The lowest BCUT2D eigenvalue weighted by molar-refractivity contribution is 0.253. The second-order valence-electron chi connectivity index (χ2n) is 13.5. The molecule has 0 saturated carbocycles. The summed E-state index contributed by atoms with van der Waals surface area (Å²) in [6.45, 7) is 8.86. The molecule has 0 amide bonds. The molecule has 0 aliphatic heterocycles. The highest BCUT2D eigenvalue weighted by Crippen LogP contribution is 2.25. The third kappa shape index (κ3) is 19.9. The predicted molar refractivity (Wildman–Crippen MR) is 193 cm³/mol. The first-order valence-corrected chi connectivity index (χ1v) is 19.2. The normalized spacial score (nSPS) is 11.8. The highest BCUT2D eigenvalue weighted by molar-refractivity contribution is 5.73. The van der Waals surface area contributed by atoms with E-state index < -0.39 is 10.9 Å². The van der Waals surface area contributed by atoms with Gasteiger partial charge in [0.1, 0.15) is 11.4 Å². The van der Waals surface area contributed by atoms with Crippen molar-refractivity contribution in [1.82, 2.24) is 4.90 Å². The van der Waals surface area contributed by atoms with Crippen LogP contribution in [0.25, 0.3) is 0 Å². The molecule has 0 bridgehead atoms. The molecule has 0 unspecified atom stereocenters. The molecule has 0 radical (unpaired) electrons. The van der Waals surface area contributed by atoms with E-state index in [1.54, 1.807) is 7.05 Å². The van der Waals surface area contributed by atoms with Crippen LogP contribution in [0.3, 0.4) is 0 Å². The zero-order valence-electron chi connectivity index (χ0n) is 29.5. The Morgan fingerprint density at radius 2 is 0.955 bits per heavy atom. The second-order valence-corrected chi connectivity index (χ2v) is 13.5. The fourth-order valence-corrected chi connectivity index (χ4v) is 6.61. The van der Waals surface area contributed by atoms with Gasteiger partial charge in [-0.05, 0) is 51.2 Å². The molecular weight excluding hydrogens is 546 g/mol. The number of aliphatic hydroxyl groups excluding tert-OH is 1. The number of rotatable bonds is 34. The first-order valence-electron chi connectivity index (χ1n) is 19.2. The van der Waals surface area contributed by atoms with Gasteiger partial charge in [0.05, 0.1) is 0 Å². The molecular formula is C38H73N3O3. The van der Waals surface area contributed by atoms with Crippen LogP contribution >= 0.6 is 0 Å². The lowest BCUT2D eigenvalue weighted by Gasteiger charge is -2.23. The van der Waals surface area contributed by atoms with Crippen molar-refractivity contribution in [3.8, 4) is 0 Å². The second kappa shape index (κ2) is 29.0. The average molecular weight is 620 g/mol. The van der Waals surface area contributed by atoms with E-state index in [-0.39, 0.29) is 0 Å². The molecule has 6 nitrogen and oxygen atoms in total. The minimum atomic E-state index is -0.411. The van der Waals surface area contributed by atoms with Crippen LogP contribution in [-0.2, 0) is 0 Å². The molecule has 258 valence electrons. The quantitative estimate of drug-likeness (QED) is 0.0527. The molecule has 0 saturated heterocycles. The molecule has 0 spiro atoms. The van der Waals surface area contributed by atoms with Crippen molar-refractivity contribution in [1.29, 1.82) is 0 Å². The number of aliphatic hydroxyl groups is 1. The molecule has 1 aromatic carbocycles. The van der Waals surface area contributed by atoms with E-state index in [4.69, 9.17) is 5.11 Å². The first-order chi connectivity index (χ1) is 21.6. The van der Waals surface area contributed by atoms with Crippen LogP contribution in [0.4, 0.5) is 11.4 Å². The largest absolute Gasteiger partial charge is 0.396 e. The Balaban J connectivity index is 2.32. The van der Waals surface area contributed by atoms with Crippen LogP contribution in [0.2, 0.25) is 0 Å². The van der Waals surface area contributed by atoms with Gasteiger partial charge in [-0.1, -0.05) is 149 Å². The highest BCUT2D eigenvalue weighted by Gasteiger charge is 2.19. The third-order valence-corrected chi connectivity index (χ3v) is 9.51. The summed E-state index contributed by atoms with van der Waals surface area (Å²) < 4.78 is 0. The summed E-state index contributed by atoms with van der Waals surface area (Å²) in [5, 5.41) is 15.1. The van der Waals surface area contributed by atoms with E-state index in [9.17, 15) is 9.59 Å². The molecule has 0 heterocycles. The first kappa shape index (κ1) is 40.6. The number of hydrogen-bond acceptors (Lipinski definition) is 6. The maximum absolute atomic E-state index is 11.8. The predicted octanol–water partition coefficient (Wildman–Crippen LogP) is 9.44. The van der Waals surface area contributed by atoms with Crippen molar-refractivity contribution in [3.05, 3.63) is 20.4 Å². The zero-order valence-corrected chi connectivity index (χ0v) is 29.5. The van der Waals surface area contributed by atoms with Crippen molar-refractivity contribution in [3.63, 3.8) is 0 Å². The standard InChI is InChI=1S/C38H73N3O3/c1-4-6-8-10-13-19-26-34(27-20-14-11-9-7-5-2)28-21-15-12-16-22-30-41(31-23-17-18-24-33-42)32-25-29-40-36-35(39-3)37(43)38(36)44/h34,39-40,42H,4-33H2,1-3H3. The van der Waals surface area contributed by atoms with E-state index in [0.29, 0.717) is 24.5 Å². The van der Waals surface area contributed by atoms with Crippen LogP contribution in [0.5, 0.6) is 0 Å². The lowest BCUT2D eigenvalue weighted by Crippen LogP contribution is -2.37. The zero-order chi connectivity index (χ0) is 32.1. The monoisotopic (exact) mass is 620 g/mol. The Bertz CT molecular complexity index is 820. The number of nitrogens with zero attached hydrogens (tertiary/aromatic N) is 1. The molecule has 1 aromatic rings. The fourth-order valence-electron chi connectivity index (χ4n) is 6.61. The molecule has 0 aliphatic carbocycles. The van der Waals surface area contributed by atoms with E-state index >= 15 is 0 Å². The van der Waals surface area contributed by atoms with E-state index in [0.717, 1.165) is 44.8 Å². The maximum Gasteiger partial charge on any atom is 0.253 e. The lowest BCUT2D eigenvalue weighted by atomic mass is 9.89. The smallest absolute Gasteiger partial charge is 0.253 e. The molecule has 0 aromatic heterocycles. The van der Waals surface area contributed by atoms with Gasteiger partial charge < -0.3 is 20.6 Å². The van der Waals surface area contributed by atoms with Crippen LogP contribution < -0.4 is 21.5 Å².